The summed E-state index contributed by atoms with van der Waals surface area (Å²) in [6.07, 6.45) is 17.4. The van der Waals surface area contributed by atoms with Crippen LogP contribution in [0.15, 0.2) is 0 Å². The van der Waals surface area contributed by atoms with Gasteiger partial charge in [0.1, 0.15) is 18.6 Å². The molecule has 2 rings (SSSR count). The van der Waals surface area contributed by atoms with Crippen LogP contribution in [0.25, 0.3) is 0 Å². The zero-order chi connectivity index (χ0) is 23.1. The van der Waals surface area contributed by atoms with Gasteiger partial charge in [0.05, 0.1) is 0 Å². The first-order valence-electron chi connectivity index (χ1n) is 9.52. The van der Waals surface area contributed by atoms with Crippen molar-refractivity contribution in [2.45, 2.75) is 24.9 Å². The first-order chi connectivity index (χ1) is 14.8. The molecule has 174 valence electrons. The number of carbonyl (C=O) groups excluding carboxylic acids is 2. The van der Waals surface area contributed by atoms with E-state index in [9.17, 15) is 19.2 Å². The third kappa shape index (κ3) is 14.7. The molecule has 2 amide bonds. The van der Waals surface area contributed by atoms with E-state index in [1.54, 1.807) is 0 Å². The SMILES string of the molecule is N[C@@H](CCC(=O)N[C@@H](CSC[C]1[CH][CH][CH][CH]1)C(=O)NCC(=O)O)C(=O)O.[CH]1[CH][CH][CH][CH]1.[Fe+2]. The summed E-state index contributed by atoms with van der Waals surface area (Å²) in [4.78, 5) is 45.3. The molecule has 6 N–H and O–H groups in total. The van der Waals surface area contributed by atoms with Crippen LogP contribution in [0.4, 0.5) is 0 Å². The summed E-state index contributed by atoms with van der Waals surface area (Å²) in [7, 11) is 0. The predicted molar refractivity (Wildman–Crippen MR) is 117 cm³/mol. The van der Waals surface area contributed by atoms with E-state index >= 15 is 0 Å². The van der Waals surface area contributed by atoms with Gasteiger partial charge in [-0.05, 0) is 70.1 Å². The molecular formula is C21H27FeN3O6S+2. The molecule has 2 atom stereocenters. The predicted octanol–water partition coefficient (Wildman–Crippen LogP) is 0.0215. The van der Waals surface area contributed by atoms with Crippen LogP contribution in [0.5, 0.6) is 0 Å². The van der Waals surface area contributed by atoms with Crippen molar-refractivity contribution in [3.8, 4) is 0 Å². The monoisotopic (exact) mass is 505 g/mol. The van der Waals surface area contributed by atoms with E-state index in [0.29, 0.717) is 5.75 Å². The summed E-state index contributed by atoms with van der Waals surface area (Å²) in [5, 5.41) is 22.1. The molecule has 0 aliphatic heterocycles. The fourth-order valence-electron chi connectivity index (χ4n) is 2.27. The van der Waals surface area contributed by atoms with Gasteiger partial charge in [-0.2, -0.15) is 11.8 Å². The molecule has 0 aromatic carbocycles. The van der Waals surface area contributed by atoms with Gasteiger partial charge in [0.2, 0.25) is 11.8 Å². The van der Waals surface area contributed by atoms with Gasteiger partial charge in [-0.1, -0.05) is 0 Å². The molecule has 0 aromatic heterocycles. The summed E-state index contributed by atoms with van der Waals surface area (Å²) in [6.45, 7) is -0.553. The maximum Gasteiger partial charge on any atom is 2.00 e. The van der Waals surface area contributed by atoms with Crippen molar-refractivity contribution in [2.24, 2.45) is 5.73 Å². The molecule has 2 aliphatic rings. The Morgan fingerprint density at radius 1 is 0.969 bits per heavy atom. The van der Waals surface area contributed by atoms with Crippen LogP contribution in [0.1, 0.15) is 12.8 Å². The zero-order valence-corrected chi connectivity index (χ0v) is 19.2. The van der Waals surface area contributed by atoms with Crippen molar-refractivity contribution in [2.75, 3.05) is 18.1 Å². The van der Waals surface area contributed by atoms with Crippen molar-refractivity contribution in [1.29, 1.82) is 0 Å². The topological polar surface area (TPSA) is 159 Å². The molecular weight excluding hydrogens is 478 g/mol. The number of carbonyl (C=O) groups is 4. The van der Waals surface area contributed by atoms with Gasteiger partial charge in [-0.15, -0.1) is 0 Å². The molecule has 0 bridgehead atoms. The minimum absolute atomic E-state index is 0. The first-order valence-corrected chi connectivity index (χ1v) is 10.7. The third-order valence-corrected chi connectivity index (χ3v) is 5.01. The number of hydrogen-bond donors (Lipinski definition) is 5. The molecule has 0 saturated heterocycles. The van der Waals surface area contributed by atoms with Crippen molar-refractivity contribution in [3.05, 3.63) is 63.7 Å². The van der Waals surface area contributed by atoms with Gasteiger partial charge in [0, 0.05) is 17.9 Å². The fraction of sp³-hybridized carbons (Fsp3) is 0.333. The van der Waals surface area contributed by atoms with Crippen molar-refractivity contribution in [1.82, 2.24) is 10.6 Å². The van der Waals surface area contributed by atoms with Gasteiger partial charge in [0.25, 0.3) is 0 Å². The number of nitrogens with one attached hydrogen (secondary N) is 2. The van der Waals surface area contributed by atoms with Crippen LogP contribution >= 0.6 is 11.8 Å². The molecule has 2 fully saturated rings. The fourth-order valence-corrected chi connectivity index (χ4v) is 3.29. The molecule has 2 saturated carbocycles. The molecule has 10 radical (unpaired) electrons. The average Bonchev–Trinajstić information content (AvgIpc) is 3.46. The molecule has 9 nitrogen and oxygen atoms in total. The average molecular weight is 505 g/mol. The summed E-state index contributed by atoms with van der Waals surface area (Å²) in [5.41, 5.74) is 5.34. The van der Waals surface area contributed by atoms with Gasteiger partial charge in [-0.25, -0.2) is 0 Å². The van der Waals surface area contributed by atoms with Gasteiger partial charge in [0.15, 0.2) is 0 Å². The van der Waals surface area contributed by atoms with Crippen LogP contribution in [-0.4, -0.2) is 64.1 Å². The first kappa shape index (κ1) is 30.7. The third-order valence-electron chi connectivity index (χ3n) is 3.91. The molecule has 2 aliphatic carbocycles. The summed E-state index contributed by atoms with van der Waals surface area (Å²) in [6, 6.07) is -2.09. The number of hydrogen-bond acceptors (Lipinski definition) is 6. The molecule has 11 heteroatoms. The Hall–Kier alpha value is -1.29. The van der Waals surface area contributed by atoms with E-state index in [-0.39, 0.29) is 35.7 Å². The minimum Gasteiger partial charge on any atom is -0.480 e. The molecule has 0 aromatic rings. The summed E-state index contributed by atoms with van der Waals surface area (Å²) in [5.74, 6) is -1.59. The van der Waals surface area contributed by atoms with Gasteiger partial charge < -0.3 is 26.6 Å². The second-order valence-electron chi connectivity index (χ2n) is 6.49. The Morgan fingerprint density at radius 3 is 2.03 bits per heavy atom. The van der Waals surface area contributed by atoms with Crippen molar-refractivity contribution in [3.63, 3.8) is 0 Å². The van der Waals surface area contributed by atoms with Crippen LogP contribution in [0, 0.1) is 63.7 Å². The van der Waals surface area contributed by atoms with E-state index < -0.39 is 42.4 Å². The second-order valence-corrected chi connectivity index (χ2v) is 7.52. The molecule has 0 spiro atoms. The number of aliphatic carboxylic acids is 2. The Balaban J connectivity index is 0.00000140. The van der Waals surface area contributed by atoms with Gasteiger partial charge >= 0.3 is 29.0 Å². The van der Waals surface area contributed by atoms with Crippen LogP contribution in [0.3, 0.4) is 0 Å². The quantitative estimate of drug-likeness (QED) is 0.232. The van der Waals surface area contributed by atoms with Crippen LogP contribution in [-0.2, 0) is 36.2 Å². The van der Waals surface area contributed by atoms with E-state index in [2.05, 4.69) is 10.6 Å². The van der Waals surface area contributed by atoms with Crippen molar-refractivity contribution >= 4 is 35.5 Å². The number of rotatable bonds is 12. The Kier molecular flexibility index (Phi) is 17.4. The number of carboxylic acids is 2. The van der Waals surface area contributed by atoms with Gasteiger partial charge in [-0.3, -0.25) is 19.2 Å². The second kappa shape index (κ2) is 18.2. The summed E-state index contributed by atoms with van der Waals surface area (Å²) >= 11 is 1.41. The van der Waals surface area contributed by atoms with E-state index in [1.165, 1.54) is 11.8 Å². The van der Waals surface area contributed by atoms with Crippen LogP contribution in [0.2, 0.25) is 0 Å². The van der Waals surface area contributed by atoms with E-state index in [0.717, 1.165) is 5.92 Å². The smallest absolute Gasteiger partial charge is 0.480 e. The normalized spacial score (nSPS) is 17.3. The molecule has 32 heavy (non-hydrogen) atoms. The van der Waals surface area contributed by atoms with Crippen LogP contribution < -0.4 is 16.4 Å². The number of thioether (sulfide) groups is 1. The van der Waals surface area contributed by atoms with Crippen molar-refractivity contribution < 1.29 is 46.5 Å². The number of carboxylic acid groups (broad SMARTS) is 2. The standard InChI is InChI=1S/C16H22N3O6S.C5H5.Fe/c17-11(16(24)25)5-6-13(20)19-12(15(23)18-7-14(21)22)9-26-8-10-3-1-2-4-10;1-2-4-5-3-1;/h1-4,11-12H,5-9,17H2,(H,18,23)(H,19,20)(H,21,22)(H,24,25);1-5H;/q;;+2/t11-,12-;;/m0../s1. The Labute approximate surface area is 204 Å². The maximum absolute atomic E-state index is 12.1. The Bertz CT molecular complexity index is 578. The van der Waals surface area contributed by atoms with E-state index in [4.69, 9.17) is 15.9 Å². The summed E-state index contributed by atoms with van der Waals surface area (Å²) < 4.78 is 0. The number of amides is 2. The molecule has 0 unspecified atom stereocenters. The Morgan fingerprint density at radius 2 is 1.53 bits per heavy atom. The number of nitrogens with two attached hydrogens (primary N) is 1. The maximum atomic E-state index is 12.1. The largest absolute Gasteiger partial charge is 2.00 e. The molecule has 0 heterocycles. The minimum atomic E-state index is -1.21. The van der Waals surface area contributed by atoms with E-state index in [1.807, 2.05) is 57.8 Å². The zero-order valence-electron chi connectivity index (χ0n) is 17.3.